The van der Waals surface area contributed by atoms with Crippen molar-refractivity contribution in [3.8, 4) is 0 Å². The molecule has 1 aromatic carbocycles. The van der Waals surface area contributed by atoms with E-state index in [0.717, 1.165) is 13.0 Å². The van der Waals surface area contributed by atoms with Crippen LogP contribution in [0.2, 0.25) is 0 Å². The monoisotopic (exact) mass is 261 g/mol. The van der Waals surface area contributed by atoms with Gasteiger partial charge in [-0.15, -0.1) is 0 Å². The SMILES string of the molecule is Cc1cc(C(C)(C)C)cc(C)c1C(CCN)C(C)C. The summed E-state index contributed by atoms with van der Waals surface area (Å²) in [6.07, 6.45) is 1.08. The summed E-state index contributed by atoms with van der Waals surface area (Å²) in [4.78, 5) is 0. The van der Waals surface area contributed by atoms with E-state index in [-0.39, 0.29) is 5.41 Å². The van der Waals surface area contributed by atoms with Crippen LogP contribution in [0.15, 0.2) is 12.1 Å². The fraction of sp³-hybridized carbons (Fsp3) is 0.667. The summed E-state index contributed by atoms with van der Waals surface area (Å²) in [5.41, 5.74) is 11.8. The van der Waals surface area contributed by atoms with Gasteiger partial charge in [0.25, 0.3) is 0 Å². The van der Waals surface area contributed by atoms with Crippen molar-refractivity contribution < 1.29 is 0 Å². The Kier molecular flexibility index (Phi) is 5.20. The van der Waals surface area contributed by atoms with Gasteiger partial charge in [0.2, 0.25) is 0 Å². The number of hydrogen-bond donors (Lipinski definition) is 1. The predicted molar refractivity (Wildman–Crippen MR) is 85.9 cm³/mol. The maximum Gasteiger partial charge on any atom is -0.00713 e. The molecule has 1 heteroatoms. The van der Waals surface area contributed by atoms with E-state index in [4.69, 9.17) is 5.73 Å². The van der Waals surface area contributed by atoms with Gasteiger partial charge in [-0.3, -0.25) is 0 Å². The van der Waals surface area contributed by atoms with Crippen LogP contribution in [0.3, 0.4) is 0 Å². The van der Waals surface area contributed by atoms with Crippen molar-refractivity contribution in [1.82, 2.24) is 0 Å². The Balaban J connectivity index is 3.30. The predicted octanol–water partition coefficient (Wildman–Crippen LogP) is 4.69. The molecule has 0 saturated heterocycles. The molecule has 1 atom stereocenters. The van der Waals surface area contributed by atoms with Crippen LogP contribution in [0.5, 0.6) is 0 Å². The highest BCUT2D eigenvalue weighted by Crippen LogP contribution is 2.35. The molecule has 0 bridgehead atoms. The van der Waals surface area contributed by atoms with Crippen molar-refractivity contribution in [3.63, 3.8) is 0 Å². The zero-order valence-corrected chi connectivity index (χ0v) is 13.8. The number of nitrogens with two attached hydrogens (primary N) is 1. The second-order valence-corrected chi connectivity index (χ2v) is 7.20. The summed E-state index contributed by atoms with van der Waals surface area (Å²) in [6, 6.07) is 4.74. The Morgan fingerprint density at radius 3 is 1.84 bits per heavy atom. The molecule has 19 heavy (non-hydrogen) atoms. The van der Waals surface area contributed by atoms with E-state index in [2.05, 4.69) is 60.6 Å². The Morgan fingerprint density at radius 2 is 1.53 bits per heavy atom. The van der Waals surface area contributed by atoms with Gasteiger partial charge in [0.15, 0.2) is 0 Å². The molecule has 1 nitrogen and oxygen atoms in total. The molecule has 0 heterocycles. The molecule has 0 amide bonds. The molecule has 108 valence electrons. The number of hydrogen-bond acceptors (Lipinski definition) is 1. The Labute approximate surface area is 119 Å². The molecule has 1 aromatic rings. The van der Waals surface area contributed by atoms with E-state index in [1.165, 1.54) is 22.3 Å². The molecule has 0 aliphatic carbocycles. The zero-order chi connectivity index (χ0) is 14.8. The first-order chi connectivity index (χ1) is 8.68. The summed E-state index contributed by atoms with van der Waals surface area (Å²) in [6.45, 7) is 16.7. The molecule has 0 aliphatic heterocycles. The lowest BCUT2D eigenvalue weighted by Crippen LogP contribution is -2.17. The third kappa shape index (κ3) is 3.82. The first-order valence-electron chi connectivity index (χ1n) is 7.50. The zero-order valence-electron chi connectivity index (χ0n) is 13.8. The molecule has 2 N–H and O–H groups in total. The van der Waals surface area contributed by atoms with Gasteiger partial charge in [0, 0.05) is 0 Å². The van der Waals surface area contributed by atoms with Crippen LogP contribution in [0, 0.1) is 19.8 Å². The van der Waals surface area contributed by atoms with Crippen LogP contribution in [0.25, 0.3) is 0 Å². The van der Waals surface area contributed by atoms with Crippen molar-refractivity contribution in [3.05, 3.63) is 34.4 Å². The fourth-order valence-corrected chi connectivity index (χ4v) is 2.98. The summed E-state index contributed by atoms with van der Waals surface area (Å²) in [5.74, 6) is 1.22. The van der Waals surface area contributed by atoms with Crippen molar-refractivity contribution in [2.45, 2.75) is 66.2 Å². The minimum atomic E-state index is 0.218. The number of rotatable bonds is 4. The van der Waals surface area contributed by atoms with Gasteiger partial charge < -0.3 is 5.73 Å². The Hall–Kier alpha value is -0.820. The molecule has 0 saturated carbocycles. The molecular weight excluding hydrogens is 230 g/mol. The molecule has 0 spiro atoms. The van der Waals surface area contributed by atoms with Crippen molar-refractivity contribution >= 4 is 0 Å². The van der Waals surface area contributed by atoms with E-state index in [0.29, 0.717) is 11.8 Å². The number of benzene rings is 1. The van der Waals surface area contributed by atoms with E-state index < -0.39 is 0 Å². The molecule has 0 radical (unpaired) electrons. The average molecular weight is 261 g/mol. The largest absolute Gasteiger partial charge is 0.330 e. The summed E-state index contributed by atoms with van der Waals surface area (Å²) in [5, 5.41) is 0. The van der Waals surface area contributed by atoms with Crippen LogP contribution in [-0.2, 0) is 5.41 Å². The second-order valence-electron chi connectivity index (χ2n) is 7.20. The van der Waals surface area contributed by atoms with Crippen LogP contribution in [-0.4, -0.2) is 6.54 Å². The van der Waals surface area contributed by atoms with Gasteiger partial charge in [-0.25, -0.2) is 0 Å². The quantitative estimate of drug-likeness (QED) is 0.836. The molecule has 0 aliphatic rings. The maximum absolute atomic E-state index is 5.80. The van der Waals surface area contributed by atoms with Crippen LogP contribution >= 0.6 is 0 Å². The van der Waals surface area contributed by atoms with Gasteiger partial charge in [0.1, 0.15) is 0 Å². The van der Waals surface area contributed by atoms with Crippen LogP contribution in [0.4, 0.5) is 0 Å². The van der Waals surface area contributed by atoms with Crippen molar-refractivity contribution in [2.75, 3.05) is 6.54 Å². The van der Waals surface area contributed by atoms with E-state index in [1.807, 2.05) is 0 Å². The van der Waals surface area contributed by atoms with E-state index in [9.17, 15) is 0 Å². The maximum atomic E-state index is 5.80. The molecule has 1 unspecified atom stereocenters. The molecule has 0 aromatic heterocycles. The van der Waals surface area contributed by atoms with Crippen LogP contribution in [0.1, 0.15) is 69.2 Å². The van der Waals surface area contributed by atoms with Crippen molar-refractivity contribution in [2.24, 2.45) is 11.7 Å². The van der Waals surface area contributed by atoms with Gasteiger partial charge >= 0.3 is 0 Å². The second kappa shape index (κ2) is 6.09. The summed E-state index contributed by atoms with van der Waals surface area (Å²) in [7, 11) is 0. The third-order valence-electron chi connectivity index (χ3n) is 4.11. The van der Waals surface area contributed by atoms with E-state index in [1.54, 1.807) is 0 Å². The standard InChI is InChI=1S/C18H31N/c1-12(2)16(8-9-19)17-13(3)10-15(11-14(17)4)18(5,6)7/h10-12,16H,8-9,19H2,1-7H3. The first kappa shape index (κ1) is 16.2. The van der Waals surface area contributed by atoms with Gasteiger partial charge in [-0.05, 0) is 66.3 Å². The summed E-state index contributed by atoms with van der Waals surface area (Å²) < 4.78 is 0. The van der Waals surface area contributed by atoms with E-state index >= 15 is 0 Å². The lowest BCUT2D eigenvalue weighted by Gasteiger charge is -2.28. The topological polar surface area (TPSA) is 26.0 Å². The molecule has 0 fully saturated rings. The highest BCUT2D eigenvalue weighted by molar-refractivity contribution is 5.42. The van der Waals surface area contributed by atoms with Crippen molar-refractivity contribution in [1.29, 1.82) is 0 Å². The smallest absolute Gasteiger partial charge is 0.00713 e. The highest BCUT2D eigenvalue weighted by atomic mass is 14.5. The lowest BCUT2D eigenvalue weighted by atomic mass is 9.77. The minimum Gasteiger partial charge on any atom is -0.330 e. The minimum absolute atomic E-state index is 0.218. The first-order valence-corrected chi connectivity index (χ1v) is 7.50. The Bertz CT molecular complexity index is 401. The third-order valence-corrected chi connectivity index (χ3v) is 4.11. The fourth-order valence-electron chi connectivity index (χ4n) is 2.98. The van der Waals surface area contributed by atoms with Crippen LogP contribution < -0.4 is 5.73 Å². The normalized spacial score (nSPS) is 13.9. The van der Waals surface area contributed by atoms with Gasteiger partial charge in [-0.2, -0.15) is 0 Å². The average Bonchev–Trinajstić information content (AvgIpc) is 2.25. The summed E-state index contributed by atoms with van der Waals surface area (Å²) >= 11 is 0. The number of aryl methyl sites for hydroxylation is 2. The van der Waals surface area contributed by atoms with Gasteiger partial charge in [0.05, 0.1) is 0 Å². The Morgan fingerprint density at radius 1 is 1.05 bits per heavy atom. The molecule has 1 rings (SSSR count). The molecular formula is C18H31N. The highest BCUT2D eigenvalue weighted by Gasteiger charge is 2.22. The lowest BCUT2D eigenvalue weighted by molar-refractivity contribution is 0.469. The van der Waals surface area contributed by atoms with Gasteiger partial charge in [-0.1, -0.05) is 46.8 Å².